The first-order valence-corrected chi connectivity index (χ1v) is 8.64. The summed E-state index contributed by atoms with van der Waals surface area (Å²) < 4.78 is 6.07. The van der Waals surface area contributed by atoms with Gasteiger partial charge in [0.25, 0.3) is 0 Å². The van der Waals surface area contributed by atoms with E-state index in [-0.39, 0.29) is 0 Å². The van der Waals surface area contributed by atoms with E-state index in [0.717, 1.165) is 25.6 Å². The number of hydrogen-bond acceptors (Lipinski definition) is 3. The molecule has 0 aliphatic heterocycles. The van der Waals surface area contributed by atoms with Crippen molar-refractivity contribution in [1.29, 1.82) is 0 Å². The lowest BCUT2D eigenvalue weighted by atomic mass is 9.71. The van der Waals surface area contributed by atoms with Crippen LogP contribution in [0.4, 0.5) is 0 Å². The first-order chi connectivity index (χ1) is 9.44. The second-order valence-corrected chi connectivity index (χ2v) is 8.47. The van der Waals surface area contributed by atoms with Crippen molar-refractivity contribution in [2.75, 3.05) is 13.2 Å². The van der Waals surface area contributed by atoms with Gasteiger partial charge in [-0.25, -0.2) is 0 Å². The lowest BCUT2D eigenvalue weighted by Crippen LogP contribution is -2.34. The molecule has 0 spiro atoms. The van der Waals surface area contributed by atoms with Crippen LogP contribution >= 0.6 is 11.3 Å². The van der Waals surface area contributed by atoms with Crippen LogP contribution in [0, 0.1) is 18.3 Å². The van der Waals surface area contributed by atoms with E-state index in [1.165, 1.54) is 29.0 Å². The third kappa shape index (κ3) is 5.19. The Labute approximate surface area is 127 Å². The van der Waals surface area contributed by atoms with Crippen molar-refractivity contribution in [2.45, 2.75) is 59.6 Å². The fraction of sp³-hybridized carbons (Fsp3) is 0.765. The van der Waals surface area contributed by atoms with E-state index in [1.54, 1.807) is 0 Å². The van der Waals surface area contributed by atoms with Gasteiger partial charge in [-0.15, -0.1) is 11.3 Å². The number of rotatable bonds is 6. The average molecular weight is 295 g/mol. The minimum Gasteiger partial charge on any atom is -0.377 e. The van der Waals surface area contributed by atoms with Crippen molar-refractivity contribution in [1.82, 2.24) is 5.32 Å². The highest BCUT2D eigenvalue weighted by Crippen LogP contribution is 2.39. The monoisotopic (exact) mass is 295 g/mol. The Morgan fingerprint density at radius 1 is 1.35 bits per heavy atom. The van der Waals surface area contributed by atoms with Crippen LogP contribution in [0.2, 0.25) is 0 Å². The molecule has 1 N–H and O–H groups in total. The predicted octanol–water partition coefficient (Wildman–Crippen LogP) is 4.38. The van der Waals surface area contributed by atoms with Gasteiger partial charge in [-0.2, -0.15) is 0 Å². The van der Waals surface area contributed by atoms with Crippen molar-refractivity contribution in [2.24, 2.45) is 11.3 Å². The SMILES string of the molecule is Cc1ccc(CNCCOC2CC(C)CC(C)(C)C2)s1. The summed E-state index contributed by atoms with van der Waals surface area (Å²) in [5.41, 5.74) is 0.449. The van der Waals surface area contributed by atoms with Gasteiger partial charge in [0, 0.05) is 22.8 Å². The summed E-state index contributed by atoms with van der Waals surface area (Å²) in [7, 11) is 0. The summed E-state index contributed by atoms with van der Waals surface area (Å²) in [5.74, 6) is 0.797. The molecule has 0 amide bonds. The van der Waals surface area contributed by atoms with E-state index in [2.05, 4.69) is 45.1 Å². The maximum Gasteiger partial charge on any atom is 0.0594 e. The first-order valence-electron chi connectivity index (χ1n) is 7.82. The Hall–Kier alpha value is -0.380. The molecule has 114 valence electrons. The van der Waals surface area contributed by atoms with Gasteiger partial charge in [0.15, 0.2) is 0 Å². The van der Waals surface area contributed by atoms with E-state index in [4.69, 9.17) is 4.74 Å². The lowest BCUT2D eigenvalue weighted by molar-refractivity contribution is -0.0213. The van der Waals surface area contributed by atoms with Gasteiger partial charge < -0.3 is 10.1 Å². The highest BCUT2D eigenvalue weighted by molar-refractivity contribution is 7.11. The van der Waals surface area contributed by atoms with Gasteiger partial charge in [0.05, 0.1) is 12.7 Å². The molecule has 1 aliphatic rings. The van der Waals surface area contributed by atoms with Crippen LogP contribution in [0.25, 0.3) is 0 Å². The summed E-state index contributed by atoms with van der Waals surface area (Å²) in [5, 5.41) is 3.47. The van der Waals surface area contributed by atoms with Crippen molar-refractivity contribution < 1.29 is 4.74 Å². The molecule has 0 radical (unpaired) electrons. The highest BCUT2D eigenvalue weighted by Gasteiger charge is 2.32. The molecule has 0 saturated heterocycles. The van der Waals surface area contributed by atoms with E-state index in [0.29, 0.717) is 11.5 Å². The molecule has 3 heteroatoms. The summed E-state index contributed by atoms with van der Waals surface area (Å²) >= 11 is 1.87. The molecule has 1 aliphatic carbocycles. The molecule has 20 heavy (non-hydrogen) atoms. The van der Waals surface area contributed by atoms with E-state index < -0.39 is 0 Å². The lowest BCUT2D eigenvalue weighted by Gasteiger charge is -2.38. The fourth-order valence-corrected chi connectivity index (χ4v) is 4.33. The largest absolute Gasteiger partial charge is 0.377 e. The fourth-order valence-electron chi connectivity index (χ4n) is 3.47. The Bertz CT molecular complexity index is 413. The molecule has 2 nitrogen and oxygen atoms in total. The standard InChI is InChI=1S/C17H29NOS/c1-13-9-15(11-17(3,4)10-13)19-8-7-18-12-16-6-5-14(2)20-16/h5-6,13,15,18H,7-12H2,1-4H3. The van der Waals surface area contributed by atoms with Gasteiger partial charge >= 0.3 is 0 Å². The normalized spacial score (nSPS) is 25.8. The third-order valence-corrected chi connectivity index (χ3v) is 5.07. The smallest absolute Gasteiger partial charge is 0.0594 e. The maximum absolute atomic E-state index is 6.07. The zero-order valence-electron chi connectivity index (χ0n) is 13.4. The Kier molecular flexibility index (Phi) is 5.65. The van der Waals surface area contributed by atoms with Crippen molar-refractivity contribution >= 4 is 11.3 Å². The van der Waals surface area contributed by atoms with E-state index in [1.807, 2.05) is 11.3 Å². The van der Waals surface area contributed by atoms with Crippen LogP contribution in [0.15, 0.2) is 12.1 Å². The van der Waals surface area contributed by atoms with Gasteiger partial charge in [-0.3, -0.25) is 0 Å². The second-order valence-electron chi connectivity index (χ2n) is 7.10. The first kappa shape index (κ1) is 16.0. The van der Waals surface area contributed by atoms with Crippen LogP contribution < -0.4 is 5.32 Å². The average Bonchev–Trinajstić information content (AvgIpc) is 2.72. The van der Waals surface area contributed by atoms with Crippen molar-refractivity contribution in [3.05, 3.63) is 21.9 Å². The molecule has 1 saturated carbocycles. The highest BCUT2D eigenvalue weighted by atomic mass is 32.1. The summed E-state index contributed by atoms with van der Waals surface area (Å²) in [6.07, 6.45) is 4.23. The molecular formula is C17H29NOS. The number of ether oxygens (including phenoxy) is 1. The Balaban J connectivity index is 1.61. The predicted molar refractivity (Wildman–Crippen MR) is 87.3 cm³/mol. The maximum atomic E-state index is 6.07. The molecule has 2 unspecified atom stereocenters. The quantitative estimate of drug-likeness (QED) is 0.787. The molecule has 1 heterocycles. The van der Waals surface area contributed by atoms with Crippen LogP contribution in [0.1, 0.15) is 49.8 Å². The van der Waals surface area contributed by atoms with Gasteiger partial charge in [-0.05, 0) is 49.7 Å². The molecule has 2 rings (SSSR count). The summed E-state index contributed by atoms with van der Waals surface area (Å²) in [4.78, 5) is 2.80. The van der Waals surface area contributed by atoms with Crippen LogP contribution in [-0.4, -0.2) is 19.3 Å². The van der Waals surface area contributed by atoms with Crippen LogP contribution in [-0.2, 0) is 11.3 Å². The summed E-state index contributed by atoms with van der Waals surface area (Å²) in [6, 6.07) is 4.39. The molecule has 1 aromatic rings. The molecule has 1 fully saturated rings. The zero-order valence-corrected chi connectivity index (χ0v) is 14.2. The van der Waals surface area contributed by atoms with Gasteiger partial charge in [0.2, 0.25) is 0 Å². The van der Waals surface area contributed by atoms with E-state index in [9.17, 15) is 0 Å². The third-order valence-electron chi connectivity index (χ3n) is 4.07. The Morgan fingerprint density at radius 3 is 2.80 bits per heavy atom. The molecule has 1 aromatic heterocycles. The number of thiophene rings is 1. The van der Waals surface area contributed by atoms with Gasteiger partial charge in [-0.1, -0.05) is 20.8 Å². The van der Waals surface area contributed by atoms with Gasteiger partial charge in [0.1, 0.15) is 0 Å². The number of nitrogens with one attached hydrogen (secondary N) is 1. The van der Waals surface area contributed by atoms with Crippen LogP contribution in [0.3, 0.4) is 0 Å². The van der Waals surface area contributed by atoms with Crippen molar-refractivity contribution in [3.63, 3.8) is 0 Å². The molecule has 0 bridgehead atoms. The molecular weight excluding hydrogens is 266 g/mol. The summed E-state index contributed by atoms with van der Waals surface area (Å²) in [6.45, 7) is 12.0. The minimum absolute atomic E-state index is 0.449. The zero-order chi connectivity index (χ0) is 14.6. The van der Waals surface area contributed by atoms with Crippen LogP contribution in [0.5, 0.6) is 0 Å². The topological polar surface area (TPSA) is 21.3 Å². The Morgan fingerprint density at radius 2 is 2.15 bits per heavy atom. The van der Waals surface area contributed by atoms with Crippen molar-refractivity contribution in [3.8, 4) is 0 Å². The second kappa shape index (κ2) is 7.06. The molecule has 2 atom stereocenters. The minimum atomic E-state index is 0.449. The molecule has 0 aromatic carbocycles. The van der Waals surface area contributed by atoms with E-state index >= 15 is 0 Å². The number of aryl methyl sites for hydroxylation is 1. The number of hydrogen-bond donors (Lipinski definition) is 1.